The number of likely N-dealkylation sites (tertiary alicyclic amines) is 1. The number of carbonyl (C=O) groups is 5. The van der Waals surface area contributed by atoms with Crippen LogP contribution in [-0.2, 0) is 24.0 Å². The summed E-state index contributed by atoms with van der Waals surface area (Å²) in [6, 6.07) is -3.44. The predicted molar refractivity (Wildman–Crippen MR) is 141 cm³/mol. The van der Waals surface area contributed by atoms with E-state index >= 15 is 0 Å². The monoisotopic (exact) mass is 586 g/mol. The molecule has 230 valence electrons. The molecule has 0 radical (unpaired) electrons. The van der Waals surface area contributed by atoms with Gasteiger partial charge in [0, 0.05) is 25.0 Å². The van der Waals surface area contributed by atoms with Gasteiger partial charge in [-0.3, -0.25) is 24.0 Å². The molecule has 11 nitrogen and oxygen atoms in total. The summed E-state index contributed by atoms with van der Waals surface area (Å²) in [5.41, 5.74) is 5.25. The number of halogens is 3. The van der Waals surface area contributed by atoms with Crippen molar-refractivity contribution in [3.8, 4) is 0 Å². The first-order valence-corrected chi connectivity index (χ1v) is 14.3. The molecule has 4 fully saturated rings. The minimum atomic E-state index is -5.17. The Morgan fingerprint density at radius 1 is 1.10 bits per heavy atom. The van der Waals surface area contributed by atoms with Crippen molar-refractivity contribution in [2.24, 2.45) is 34.8 Å². The molecule has 2 saturated heterocycles. The highest BCUT2D eigenvalue weighted by Gasteiger charge is 2.70. The van der Waals surface area contributed by atoms with Crippen molar-refractivity contribution in [3.63, 3.8) is 0 Å². The lowest BCUT2D eigenvalue weighted by Gasteiger charge is -2.39. The molecule has 4 rings (SSSR count). The van der Waals surface area contributed by atoms with E-state index in [9.17, 15) is 37.1 Å². The number of nitrogens with zero attached hydrogens (tertiary/aromatic N) is 2. The minimum Gasteiger partial charge on any atom is -0.368 e. The Morgan fingerprint density at radius 3 is 2.24 bits per heavy atom. The lowest BCUT2D eigenvalue weighted by atomic mass is 9.80. The van der Waals surface area contributed by atoms with Crippen molar-refractivity contribution >= 4 is 29.5 Å². The van der Waals surface area contributed by atoms with E-state index in [-0.39, 0.29) is 42.2 Å². The van der Waals surface area contributed by atoms with Crippen molar-refractivity contribution in [1.29, 1.82) is 0 Å². The van der Waals surface area contributed by atoms with Crippen molar-refractivity contribution < 1.29 is 37.1 Å². The highest BCUT2D eigenvalue weighted by Crippen LogP contribution is 2.65. The smallest absolute Gasteiger partial charge is 0.368 e. The predicted octanol–water partition coefficient (Wildman–Crippen LogP) is 0.133. The van der Waals surface area contributed by atoms with E-state index in [1.54, 1.807) is 0 Å². The molecule has 1 unspecified atom stereocenters. The zero-order valence-electron chi connectivity index (χ0n) is 23.9. The van der Waals surface area contributed by atoms with E-state index in [0.717, 1.165) is 0 Å². The molecule has 2 heterocycles. The van der Waals surface area contributed by atoms with E-state index in [0.29, 0.717) is 38.6 Å². The highest BCUT2D eigenvalue weighted by molar-refractivity contribution is 5.96. The largest absolute Gasteiger partial charge is 0.471 e. The van der Waals surface area contributed by atoms with E-state index in [1.165, 1.54) is 4.90 Å². The van der Waals surface area contributed by atoms with Gasteiger partial charge in [0.1, 0.15) is 18.1 Å². The molecule has 5 N–H and O–H groups in total. The number of carbonyl (C=O) groups excluding carboxylic acids is 5. The molecule has 0 aromatic rings. The zero-order chi connectivity index (χ0) is 30.4. The second-order valence-corrected chi connectivity index (χ2v) is 12.8. The average molecular weight is 587 g/mol. The molecule has 2 aliphatic carbocycles. The van der Waals surface area contributed by atoms with Gasteiger partial charge in [0.15, 0.2) is 0 Å². The lowest BCUT2D eigenvalue weighted by molar-refractivity contribution is -0.176. The van der Waals surface area contributed by atoms with Crippen LogP contribution in [0.15, 0.2) is 0 Å². The number of alkyl halides is 3. The summed E-state index contributed by atoms with van der Waals surface area (Å²) >= 11 is 0. The van der Waals surface area contributed by atoms with E-state index in [2.05, 4.69) is 10.6 Å². The van der Waals surface area contributed by atoms with Crippen LogP contribution in [0.3, 0.4) is 0 Å². The summed E-state index contributed by atoms with van der Waals surface area (Å²) in [7, 11) is 3.83. The number of primary amides is 1. The van der Waals surface area contributed by atoms with Crippen molar-refractivity contribution in [2.45, 2.75) is 82.7 Å². The summed E-state index contributed by atoms with van der Waals surface area (Å²) in [4.78, 5) is 67.2. The highest BCUT2D eigenvalue weighted by atomic mass is 19.4. The first-order chi connectivity index (χ1) is 19.0. The number of hydrogen-bond acceptors (Lipinski definition) is 6. The Bertz CT molecular complexity index is 1070. The van der Waals surface area contributed by atoms with Gasteiger partial charge in [-0.1, -0.05) is 13.8 Å². The van der Waals surface area contributed by atoms with Gasteiger partial charge in [0.05, 0.1) is 0 Å². The topological polar surface area (TPSA) is 154 Å². The van der Waals surface area contributed by atoms with E-state index < -0.39 is 59.8 Å². The number of fused-ring (bicyclic) bond motifs is 1. The molecule has 2 aliphatic heterocycles. The molecular formula is C27H41F3N6O5. The average Bonchev–Trinajstić information content (AvgIpc) is 3.24. The van der Waals surface area contributed by atoms with Gasteiger partial charge in [-0.2, -0.15) is 13.2 Å². The standard InChI is InChI=1S/C27H41F3N6O5/c1-26(2)16-12-36(20(18(16)26)23(39)33-17(21(31)37)11-14-9-10-32-22(14)38)24(40)19(34-25(41)27(28,29)30)13-5-7-15(8-6-13)35(3)4/h13-20H,5-12H2,1-4H3,(H2,31,37)(H,32,38)(H,33,39)(H,34,41)/t13?,14-,15?,16-,17-,18-,19?,20-/m0/s1. The number of nitrogens with two attached hydrogens (primary N) is 1. The zero-order valence-corrected chi connectivity index (χ0v) is 23.9. The fraction of sp³-hybridized carbons (Fsp3) is 0.815. The quantitative estimate of drug-likeness (QED) is 0.301. The molecule has 0 aromatic carbocycles. The maximum atomic E-state index is 14.0. The molecule has 2 saturated carbocycles. The summed E-state index contributed by atoms with van der Waals surface area (Å²) in [6.07, 6.45) is -2.50. The molecule has 5 amide bonds. The van der Waals surface area contributed by atoms with Crippen LogP contribution >= 0.6 is 0 Å². The Hall–Kier alpha value is -2.90. The van der Waals surface area contributed by atoms with Gasteiger partial charge in [0.2, 0.25) is 23.6 Å². The SMILES string of the molecule is CN(C)C1CCC(C(NC(=O)C(F)(F)F)C(=O)N2C[C@H]3[C@@H]([C@H]2C(=O)N[C@@H](C[C@@H]2CCNC2=O)C(N)=O)C3(C)C)CC1. The summed E-state index contributed by atoms with van der Waals surface area (Å²) in [5.74, 6) is -6.01. The first kappa shape index (κ1) is 31.0. The molecule has 0 spiro atoms. The third-order valence-electron chi connectivity index (χ3n) is 9.86. The molecule has 6 atom stereocenters. The Labute approximate surface area is 237 Å². The molecular weight excluding hydrogens is 545 g/mol. The van der Waals surface area contributed by atoms with Crippen LogP contribution in [-0.4, -0.2) is 96.9 Å². The Morgan fingerprint density at radius 2 is 1.73 bits per heavy atom. The first-order valence-electron chi connectivity index (χ1n) is 14.3. The van der Waals surface area contributed by atoms with E-state index in [1.807, 2.05) is 38.2 Å². The summed E-state index contributed by atoms with van der Waals surface area (Å²) in [5, 5.41) is 7.25. The number of rotatable bonds is 9. The maximum Gasteiger partial charge on any atom is 0.471 e. The minimum absolute atomic E-state index is 0.00441. The van der Waals surface area contributed by atoms with Crippen LogP contribution in [0, 0.1) is 29.1 Å². The number of piperidine rings is 1. The molecule has 4 aliphatic rings. The summed E-state index contributed by atoms with van der Waals surface area (Å²) < 4.78 is 39.9. The van der Waals surface area contributed by atoms with Crippen LogP contribution in [0.2, 0.25) is 0 Å². The van der Waals surface area contributed by atoms with Gasteiger partial charge < -0.3 is 31.5 Å². The van der Waals surface area contributed by atoms with Crippen LogP contribution < -0.4 is 21.7 Å². The van der Waals surface area contributed by atoms with Crippen LogP contribution in [0.25, 0.3) is 0 Å². The third kappa shape index (κ3) is 6.31. The second-order valence-electron chi connectivity index (χ2n) is 12.8. The second kappa shape index (κ2) is 11.4. The van der Waals surface area contributed by atoms with Gasteiger partial charge in [-0.25, -0.2) is 0 Å². The van der Waals surface area contributed by atoms with Gasteiger partial charge >= 0.3 is 12.1 Å². The number of hydrogen-bond donors (Lipinski definition) is 4. The third-order valence-corrected chi connectivity index (χ3v) is 9.86. The molecule has 0 bridgehead atoms. The fourth-order valence-electron chi connectivity index (χ4n) is 7.21. The molecule has 14 heteroatoms. The summed E-state index contributed by atoms with van der Waals surface area (Å²) in [6.45, 7) is 4.49. The van der Waals surface area contributed by atoms with Crippen molar-refractivity contribution in [1.82, 2.24) is 25.8 Å². The van der Waals surface area contributed by atoms with Crippen LogP contribution in [0.1, 0.15) is 52.4 Å². The van der Waals surface area contributed by atoms with Crippen molar-refractivity contribution in [2.75, 3.05) is 27.2 Å². The number of nitrogens with one attached hydrogen (secondary N) is 3. The lowest BCUT2D eigenvalue weighted by Crippen LogP contribution is -2.60. The van der Waals surface area contributed by atoms with Crippen molar-refractivity contribution in [3.05, 3.63) is 0 Å². The Balaban J connectivity index is 1.55. The van der Waals surface area contributed by atoms with Gasteiger partial charge in [0.25, 0.3) is 0 Å². The fourth-order valence-corrected chi connectivity index (χ4v) is 7.21. The normalized spacial score (nSPS) is 32.1. The van der Waals surface area contributed by atoms with Gasteiger partial charge in [-0.15, -0.1) is 0 Å². The number of amides is 5. The maximum absolute atomic E-state index is 14.0. The molecule has 0 aromatic heterocycles. The molecule has 41 heavy (non-hydrogen) atoms. The van der Waals surface area contributed by atoms with Gasteiger partial charge in [-0.05, 0) is 75.8 Å². The Kier molecular flexibility index (Phi) is 8.64. The van der Waals surface area contributed by atoms with Crippen LogP contribution in [0.4, 0.5) is 13.2 Å². The van der Waals surface area contributed by atoms with E-state index in [4.69, 9.17) is 5.73 Å². The van der Waals surface area contributed by atoms with Crippen LogP contribution in [0.5, 0.6) is 0 Å².